The summed E-state index contributed by atoms with van der Waals surface area (Å²) in [5.74, 6) is 0.296. The minimum Gasteiger partial charge on any atom is -0.478 e. The minimum atomic E-state index is -0.974. The molecule has 1 atom stereocenters. The number of carboxylic acids is 1. The van der Waals surface area contributed by atoms with Gasteiger partial charge in [-0.3, -0.25) is 0 Å². The number of nitrogens with zero attached hydrogens (tertiary/aromatic N) is 2. The molecule has 1 unspecified atom stereocenters. The molecule has 0 amide bonds. The molecule has 1 fully saturated rings. The highest BCUT2D eigenvalue weighted by Crippen LogP contribution is 2.57. The first-order valence-electron chi connectivity index (χ1n) is 6.99. The first kappa shape index (κ1) is 13.8. The van der Waals surface area contributed by atoms with Crippen LogP contribution in [0, 0.1) is 19.3 Å². The van der Waals surface area contributed by atoms with Crippen molar-refractivity contribution >= 4 is 5.97 Å². The van der Waals surface area contributed by atoms with Gasteiger partial charge in [-0.2, -0.15) is 4.98 Å². The minimum absolute atomic E-state index is 0.207. The van der Waals surface area contributed by atoms with Gasteiger partial charge in [-0.05, 0) is 36.8 Å². The van der Waals surface area contributed by atoms with Crippen LogP contribution in [0.15, 0.2) is 16.7 Å². The van der Waals surface area contributed by atoms with Gasteiger partial charge in [0.25, 0.3) is 5.89 Å². The van der Waals surface area contributed by atoms with Crippen molar-refractivity contribution in [3.8, 4) is 11.5 Å². The first-order valence-corrected chi connectivity index (χ1v) is 6.99. The Balaban J connectivity index is 2.09. The van der Waals surface area contributed by atoms with Crippen molar-refractivity contribution in [2.45, 2.75) is 40.0 Å². The highest BCUT2D eigenvalue weighted by Gasteiger charge is 2.49. The maximum absolute atomic E-state index is 11.5. The van der Waals surface area contributed by atoms with Crippen LogP contribution in [-0.2, 0) is 0 Å². The van der Waals surface area contributed by atoms with Gasteiger partial charge >= 0.3 is 5.97 Å². The van der Waals surface area contributed by atoms with E-state index < -0.39 is 5.97 Å². The van der Waals surface area contributed by atoms with Gasteiger partial charge < -0.3 is 9.63 Å². The molecule has 0 spiro atoms. The topological polar surface area (TPSA) is 76.2 Å². The third-order valence-corrected chi connectivity index (χ3v) is 4.32. The number of hydrogen-bond acceptors (Lipinski definition) is 4. The van der Waals surface area contributed by atoms with E-state index in [4.69, 9.17) is 4.52 Å². The first-order chi connectivity index (χ1) is 9.81. The van der Waals surface area contributed by atoms with E-state index in [0.717, 1.165) is 12.0 Å². The van der Waals surface area contributed by atoms with E-state index in [1.807, 2.05) is 13.0 Å². The molecule has 1 aliphatic rings. The summed E-state index contributed by atoms with van der Waals surface area (Å²) in [6, 6.07) is 3.67. The van der Waals surface area contributed by atoms with Crippen LogP contribution < -0.4 is 0 Å². The second kappa shape index (κ2) is 4.41. The Kier molecular flexibility index (Phi) is 2.90. The summed E-state index contributed by atoms with van der Waals surface area (Å²) < 4.78 is 5.35. The molecule has 1 N–H and O–H groups in total. The third kappa shape index (κ3) is 2.22. The quantitative estimate of drug-likeness (QED) is 0.933. The van der Waals surface area contributed by atoms with Crippen molar-refractivity contribution in [2.75, 3.05) is 0 Å². The van der Waals surface area contributed by atoms with Gasteiger partial charge in [-0.1, -0.05) is 31.1 Å². The average Bonchev–Trinajstić information content (AvgIpc) is 2.85. The van der Waals surface area contributed by atoms with Gasteiger partial charge in [0.1, 0.15) is 0 Å². The predicted octanol–water partition coefficient (Wildman–Crippen LogP) is 3.57. The molecule has 0 aliphatic heterocycles. The van der Waals surface area contributed by atoms with E-state index >= 15 is 0 Å². The summed E-state index contributed by atoms with van der Waals surface area (Å²) in [6.45, 7) is 7.95. The fraction of sp³-hybridized carbons (Fsp3) is 0.438. The highest BCUT2D eigenvalue weighted by molar-refractivity contribution is 5.97. The highest BCUT2D eigenvalue weighted by atomic mass is 16.5. The lowest BCUT2D eigenvalue weighted by Gasteiger charge is -2.08. The molecule has 5 nitrogen and oxygen atoms in total. The SMILES string of the molecule is Cc1ccc(C)c(-c2nc(C3CC3(C)C)no2)c1C(=O)O. The van der Waals surface area contributed by atoms with Crippen LogP contribution in [0.4, 0.5) is 0 Å². The Morgan fingerprint density at radius 2 is 1.95 bits per heavy atom. The standard InChI is InChI=1S/C16H18N2O3/c1-8-5-6-9(2)12(15(19)20)11(8)14-17-13(18-21-14)10-7-16(10,3)4/h5-6,10H,7H2,1-4H3,(H,19,20). The molecule has 0 radical (unpaired) electrons. The maximum atomic E-state index is 11.5. The number of carboxylic acid groups (broad SMARTS) is 1. The fourth-order valence-electron chi connectivity index (χ4n) is 2.75. The van der Waals surface area contributed by atoms with Gasteiger partial charge in [0.05, 0.1) is 11.1 Å². The van der Waals surface area contributed by atoms with Crippen LogP contribution >= 0.6 is 0 Å². The van der Waals surface area contributed by atoms with E-state index in [0.29, 0.717) is 28.8 Å². The van der Waals surface area contributed by atoms with Gasteiger partial charge in [-0.25, -0.2) is 4.79 Å². The van der Waals surface area contributed by atoms with Crippen LogP contribution in [-0.4, -0.2) is 21.2 Å². The lowest BCUT2D eigenvalue weighted by Crippen LogP contribution is -2.04. The number of rotatable bonds is 3. The molecular formula is C16H18N2O3. The Bertz CT molecular complexity index is 731. The van der Waals surface area contributed by atoms with Crippen LogP contribution in [0.25, 0.3) is 11.5 Å². The zero-order valence-electron chi connectivity index (χ0n) is 12.6. The van der Waals surface area contributed by atoms with E-state index in [9.17, 15) is 9.90 Å². The van der Waals surface area contributed by atoms with E-state index in [2.05, 4.69) is 24.0 Å². The second-order valence-electron chi connectivity index (χ2n) is 6.46. The monoisotopic (exact) mass is 286 g/mol. The summed E-state index contributed by atoms with van der Waals surface area (Å²) >= 11 is 0. The summed E-state index contributed by atoms with van der Waals surface area (Å²) in [5.41, 5.74) is 2.48. The Morgan fingerprint density at radius 3 is 2.52 bits per heavy atom. The fourth-order valence-corrected chi connectivity index (χ4v) is 2.75. The van der Waals surface area contributed by atoms with Gasteiger partial charge in [-0.15, -0.1) is 0 Å². The molecule has 0 saturated heterocycles. The molecule has 1 heterocycles. The molecule has 1 saturated carbocycles. The Hall–Kier alpha value is -2.17. The molecule has 21 heavy (non-hydrogen) atoms. The second-order valence-corrected chi connectivity index (χ2v) is 6.46. The van der Waals surface area contributed by atoms with Crippen LogP contribution in [0.1, 0.15) is 53.5 Å². The van der Waals surface area contributed by atoms with Gasteiger partial charge in [0.15, 0.2) is 5.82 Å². The lowest BCUT2D eigenvalue weighted by atomic mass is 9.97. The van der Waals surface area contributed by atoms with Crippen molar-refractivity contribution in [3.63, 3.8) is 0 Å². The smallest absolute Gasteiger partial charge is 0.336 e. The molecule has 5 heteroatoms. The predicted molar refractivity (Wildman–Crippen MR) is 77.3 cm³/mol. The van der Waals surface area contributed by atoms with E-state index in [1.165, 1.54) is 0 Å². The van der Waals surface area contributed by atoms with Crippen molar-refractivity contribution in [2.24, 2.45) is 5.41 Å². The van der Waals surface area contributed by atoms with E-state index in [1.54, 1.807) is 13.0 Å². The van der Waals surface area contributed by atoms with Gasteiger partial charge in [0.2, 0.25) is 0 Å². The molecule has 2 aromatic rings. The molecule has 0 bridgehead atoms. The summed E-state index contributed by atoms with van der Waals surface area (Å²) in [6.07, 6.45) is 1.03. The van der Waals surface area contributed by atoms with Gasteiger partial charge in [0, 0.05) is 5.92 Å². The maximum Gasteiger partial charge on any atom is 0.336 e. The molecule has 110 valence electrons. The summed E-state index contributed by atoms with van der Waals surface area (Å²) in [5, 5.41) is 13.5. The van der Waals surface area contributed by atoms with Crippen LogP contribution in [0.5, 0.6) is 0 Å². The number of benzene rings is 1. The van der Waals surface area contributed by atoms with Crippen LogP contribution in [0.2, 0.25) is 0 Å². The normalized spacial score (nSPS) is 19.5. The molecule has 1 aromatic heterocycles. The summed E-state index contributed by atoms with van der Waals surface area (Å²) in [7, 11) is 0. The number of hydrogen-bond donors (Lipinski definition) is 1. The number of aromatic carboxylic acids is 1. The van der Waals surface area contributed by atoms with Crippen LogP contribution in [0.3, 0.4) is 0 Å². The zero-order valence-corrected chi connectivity index (χ0v) is 12.6. The molecular weight excluding hydrogens is 268 g/mol. The Morgan fingerprint density at radius 1 is 1.33 bits per heavy atom. The number of aromatic nitrogens is 2. The molecule has 1 aromatic carbocycles. The zero-order chi connectivity index (χ0) is 15.4. The molecule has 3 rings (SSSR count). The third-order valence-electron chi connectivity index (χ3n) is 4.32. The average molecular weight is 286 g/mol. The van der Waals surface area contributed by atoms with Crippen molar-refractivity contribution in [1.29, 1.82) is 0 Å². The Labute approximate surface area is 123 Å². The van der Waals surface area contributed by atoms with Crippen molar-refractivity contribution in [3.05, 3.63) is 34.6 Å². The molecule has 1 aliphatic carbocycles. The van der Waals surface area contributed by atoms with Crippen molar-refractivity contribution in [1.82, 2.24) is 10.1 Å². The largest absolute Gasteiger partial charge is 0.478 e. The summed E-state index contributed by atoms with van der Waals surface area (Å²) in [4.78, 5) is 16.0. The lowest BCUT2D eigenvalue weighted by molar-refractivity contribution is 0.0696. The number of aryl methyl sites for hydroxylation is 2. The number of carbonyl (C=O) groups is 1. The van der Waals surface area contributed by atoms with E-state index in [-0.39, 0.29) is 11.0 Å². The van der Waals surface area contributed by atoms with Crippen molar-refractivity contribution < 1.29 is 14.4 Å².